The Labute approximate surface area is 284 Å². The lowest BCUT2D eigenvalue weighted by molar-refractivity contribution is -0.130. The first-order valence-corrected chi connectivity index (χ1v) is 16.5. The van der Waals surface area contributed by atoms with E-state index in [9.17, 15) is 14.4 Å². The molecule has 13 nitrogen and oxygen atoms in total. The Balaban J connectivity index is 1.15. The minimum Gasteiger partial charge on any atom is -0.444 e. The lowest BCUT2D eigenvalue weighted by Gasteiger charge is -2.32. The normalized spacial score (nSPS) is 17.0. The van der Waals surface area contributed by atoms with Gasteiger partial charge in [-0.1, -0.05) is 36.4 Å². The van der Waals surface area contributed by atoms with Crippen molar-refractivity contribution in [3.05, 3.63) is 78.5 Å². The number of H-pyrrole nitrogens is 2. The maximum Gasteiger partial charge on any atom is 0.407 e. The summed E-state index contributed by atoms with van der Waals surface area (Å²) >= 11 is 0. The summed E-state index contributed by atoms with van der Waals surface area (Å²) in [5.41, 5.74) is 11.0. The van der Waals surface area contributed by atoms with Crippen molar-refractivity contribution in [3.8, 4) is 22.5 Å². The molecule has 0 bridgehead atoms. The van der Waals surface area contributed by atoms with Crippen LogP contribution in [0.25, 0.3) is 33.4 Å². The van der Waals surface area contributed by atoms with Crippen molar-refractivity contribution in [1.82, 2.24) is 36.1 Å². The summed E-state index contributed by atoms with van der Waals surface area (Å²) in [4.78, 5) is 41.6. The number of anilines is 1. The van der Waals surface area contributed by atoms with Gasteiger partial charge in [0.2, 0.25) is 11.7 Å². The van der Waals surface area contributed by atoms with Gasteiger partial charge in [0.15, 0.2) is 0 Å². The number of aromatic nitrogens is 6. The molecule has 1 atom stereocenters. The number of nitrogens with one attached hydrogen (secondary N) is 3. The number of amides is 3. The fourth-order valence-electron chi connectivity index (χ4n) is 6.29. The lowest BCUT2D eigenvalue weighted by atomic mass is 9.81. The molecule has 254 valence electrons. The zero-order valence-corrected chi connectivity index (χ0v) is 27.8. The Kier molecular flexibility index (Phi) is 9.81. The van der Waals surface area contributed by atoms with Gasteiger partial charge in [0.05, 0.1) is 23.4 Å². The number of rotatable bonds is 9. The van der Waals surface area contributed by atoms with Gasteiger partial charge < -0.3 is 15.8 Å². The third-order valence-electron chi connectivity index (χ3n) is 8.82. The molecule has 13 heteroatoms. The fraction of sp³-hybridized carbons (Fsp3) is 0.361. The Bertz CT molecular complexity index is 1890. The maximum absolute atomic E-state index is 14.1. The van der Waals surface area contributed by atoms with E-state index in [1.165, 1.54) is 4.90 Å². The number of aromatic amines is 2. The molecule has 1 aliphatic carbocycles. The standard InChI is InChI=1S/C36H41N9O4/c1-36(2,3)49-35(48)38-20-23-9-13-26(14-10-23)33(46)45(27-17-15-25(16-18-27)32-41-43-44-42-32)34(47)30(37)19-22-7-11-24(12-8-22)28-5-4-6-31-29(28)21-39-40-31/h4-8,11-12,15-18,21,23,26,30H,9-10,13-14,19-20,37H2,1-3H3,(H,38,48)(H,39,40)(H,41,42,43,44)/t23-,26-,30-/m0/s1. The Morgan fingerprint density at radius 3 is 2.37 bits per heavy atom. The van der Waals surface area contributed by atoms with Crippen molar-refractivity contribution in [2.75, 3.05) is 11.4 Å². The molecular formula is C36H41N9O4. The van der Waals surface area contributed by atoms with Gasteiger partial charge in [0.1, 0.15) is 5.60 Å². The van der Waals surface area contributed by atoms with Crippen molar-refractivity contribution in [2.24, 2.45) is 17.6 Å². The van der Waals surface area contributed by atoms with Crippen LogP contribution in [0.4, 0.5) is 10.5 Å². The minimum absolute atomic E-state index is 0.209. The highest BCUT2D eigenvalue weighted by atomic mass is 16.6. The first-order valence-electron chi connectivity index (χ1n) is 16.5. The van der Waals surface area contributed by atoms with Gasteiger partial charge in [-0.25, -0.2) is 9.69 Å². The quantitative estimate of drug-likeness (QED) is 0.165. The molecule has 2 aromatic heterocycles. The molecular weight excluding hydrogens is 622 g/mol. The van der Waals surface area contributed by atoms with Crippen LogP contribution in [0.15, 0.2) is 72.9 Å². The van der Waals surface area contributed by atoms with Crippen molar-refractivity contribution >= 4 is 34.5 Å². The highest BCUT2D eigenvalue weighted by molar-refractivity contribution is 6.17. The first kappa shape index (κ1) is 33.5. The number of nitrogens with zero attached hydrogens (tertiary/aromatic N) is 5. The van der Waals surface area contributed by atoms with Crippen molar-refractivity contribution in [2.45, 2.75) is 64.5 Å². The van der Waals surface area contributed by atoms with Gasteiger partial charge in [-0.3, -0.25) is 14.7 Å². The summed E-state index contributed by atoms with van der Waals surface area (Å²) in [5, 5.41) is 25.1. The molecule has 5 N–H and O–H groups in total. The Hall–Kier alpha value is -5.43. The van der Waals surface area contributed by atoms with Crippen LogP contribution >= 0.6 is 0 Å². The molecule has 6 rings (SSSR count). The van der Waals surface area contributed by atoms with Crippen LogP contribution in [-0.4, -0.2) is 66.9 Å². The van der Waals surface area contributed by atoms with Crippen LogP contribution in [-0.2, 0) is 20.7 Å². The molecule has 0 aliphatic heterocycles. The van der Waals surface area contributed by atoms with E-state index in [-0.39, 0.29) is 24.2 Å². The van der Waals surface area contributed by atoms with E-state index in [0.29, 0.717) is 36.5 Å². The molecule has 3 aromatic carbocycles. The highest BCUT2D eigenvalue weighted by Crippen LogP contribution is 2.33. The van der Waals surface area contributed by atoms with Crippen LogP contribution in [0.2, 0.25) is 0 Å². The van der Waals surface area contributed by atoms with E-state index in [2.05, 4.69) is 36.1 Å². The summed E-state index contributed by atoms with van der Waals surface area (Å²) in [6.45, 7) is 5.93. The number of hydrogen-bond acceptors (Lipinski definition) is 9. The number of benzene rings is 3. The zero-order valence-electron chi connectivity index (χ0n) is 27.8. The summed E-state index contributed by atoms with van der Waals surface area (Å²) in [7, 11) is 0. The van der Waals surface area contributed by atoms with Crippen LogP contribution in [0.1, 0.15) is 52.0 Å². The van der Waals surface area contributed by atoms with Gasteiger partial charge in [-0.2, -0.15) is 10.3 Å². The second kappa shape index (κ2) is 14.4. The van der Waals surface area contributed by atoms with E-state index in [4.69, 9.17) is 10.5 Å². The van der Waals surface area contributed by atoms with Crippen molar-refractivity contribution in [3.63, 3.8) is 0 Å². The minimum atomic E-state index is -0.960. The Morgan fingerprint density at radius 2 is 1.69 bits per heavy atom. The van der Waals surface area contributed by atoms with Crippen LogP contribution < -0.4 is 16.0 Å². The van der Waals surface area contributed by atoms with Crippen LogP contribution in [0.5, 0.6) is 0 Å². The average molecular weight is 664 g/mol. The molecule has 0 saturated heterocycles. The second-order valence-corrected chi connectivity index (χ2v) is 13.5. The fourth-order valence-corrected chi connectivity index (χ4v) is 6.29. The summed E-state index contributed by atoms with van der Waals surface area (Å²) in [6.07, 6.45) is 4.25. The van der Waals surface area contributed by atoms with Gasteiger partial charge in [-0.15, -0.1) is 10.2 Å². The molecule has 0 radical (unpaired) electrons. The number of carbonyl (C=O) groups is 3. The topological polar surface area (TPSA) is 185 Å². The third kappa shape index (κ3) is 8.00. The molecule has 3 amide bonds. The van der Waals surface area contributed by atoms with Crippen molar-refractivity contribution < 1.29 is 19.1 Å². The molecule has 1 fully saturated rings. The zero-order chi connectivity index (χ0) is 34.5. The lowest BCUT2D eigenvalue weighted by Crippen LogP contribution is -2.50. The molecule has 49 heavy (non-hydrogen) atoms. The molecule has 5 aromatic rings. The average Bonchev–Trinajstić information content (AvgIpc) is 3.81. The van der Waals surface area contributed by atoms with Crippen molar-refractivity contribution in [1.29, 1.82) is 0 Å². The SMILES string of the molecule is CC(C)(C)OC(=O)NC[C@H]1CC[C@H](C(=O)N(C(=O)[C@@H](N)Cc2ccc(-c3cccc4[nH]ncc34)cc2)c2ccc(-c3nn[nH]n3)cc2)CC1. The number of nitrogens with two attached hydrogens (primary N) is 1. The van der Waals surface area contributed by atoms with Gasteiger partial charge >= 0.3 is 6.09 Å². The third-order valence-corrected chi connectivity index (χ3v) is 8.82. The highest BCUT2D eigenvalue weighted by Gasteiger charge is 2.35. The van der Waals surface area contributed by atoms with Crippen LogP contribution in [0.3, 0.4) is 0 Å². The Morgan fingerprint density at radius 1 is 0.980 bits per heavy atom. The van der Waals surface area contributed by atoms with E-state index < -0.39 is 23.6 Å². The molecule has 2 heterocycles. The van der Waals surface area contributed by atoms with E-state index in [0.717, 1.165) is 40.4 Å². The number of fused-ring (bicyclic) bond motifs is 1. The predicted molar refractivity (Wildman–Crippen MR) is 185 cm³/mol. The second-order valence-electron chi connectivity index (χ2n) is 13.5. The van der Waals surface area contributed by atoms with E-state index in [1.54, 1.807) is 30.5 Å². The predicted octanol–water partition coefficient (Wildman–Crippen LogP) is 5.17. The smallest absolute Gasteiger partial charge is 0.407 e. The number of alkyl carbamates (subject to hydrolysis) is 1. The molecule has 0 spiro atoms. The largest absolute Gasteiger partial charge is 0.444 e. The number of imide groups is 1. The molecule has 1 saturated carbocycles. The van der Waals surface area contributed by atoms with Gasteiger partial charge in [-0.05, 0) is 111 Å². The first-order chi connectivity index (χ1) is 23.6. The van der Waals surface area contributed by atoms with Gasteiger partial charge in [0, 0.05) is 23.4 Å². The monoisotopic (exact) mass is 663 g/mol. The van der Waals surface area contributed by atoms with E-state index in [1.807, 2.05) is 63.2 Å². The summed E-state index contributed by atoms with van der Waals surface area (Å²) in [5.74, 6) is -0.511. The number of hydrogen-bond donors (Lipinski definition) is 4. The molecule has 0 unspecified atom stereocenters. The summed E-state index contributed by atoms with van der Waals surface area (Å²) in [6, 6.07) is 19.9. The maximum atomic E-state index is 14.1. The number of ether oxygens (including phenoxy) is 1. The van der Waals surface area contributed by atoms with E-state index >= 15 is 0 Å². The molecule has 1 aliphatic rings. The van der Waals surface area contributed by atoms with Gasteiger partial charge in [0.25, 0.3) is 5.91 Å². The van der Waals surface area contributed by atoms with Crippen LogP contribution in [0, 0.1) is 11.8 Å². The number of tetrazole rings is 1. The summed E-state index contributed by atoms with van der Waals surface area (Å²) < 4.78 is 5.35. The number of carbonyl (C=O) groups excluding carboxylic acids is 3.